The Morgan fingerprint density at radius 2 is 2.06 bits per heavy atom. The predicted molar refractivity (Wildman–Crippen MR) is 63.9 cm³/mol. The summed E-state index contributed by atoms with van der Waals surface area (Å²) in [6.45, 7) is 3.60. The Morgan fingerprint density at radius 3 is 2.62 bits per heavy atom. The molecule has 1 aromatic rings. The number of nitrogens with one attached hydrogen (secondary N) is 1. The van der Waals surface area contributed by atoms with Gasteiger partial charge in [-0.15, -0.1) is 0 Å². The summed E-state index contributed by atoms with van der Waals surface area (Å²) in [5.41, 5.74) is 1.53. The fraction of sp³-hybridized carbons (Fsp3) is 0.455. The monoisotopic (exact) mass is 245 g/mol. The lowest BCUT2D eigenvalue weighted by Gasteiger charge is -2.16. The summed E-state index contributed by atoms with van der Waals surface area (Å²) in [5.74, 6) is -0.303. The molecule has 0 aliphatic heterocycles. The van der Waals surface area contributed by atoms with Gasteiger partial charge in [0.25, 0.3) is 0 Å². The molecule has 0 aromatic heterocycles. The number of halogens is 1. The SMILES string of the molecule is Cc1ccc(F)cc1NC(C)CS(C)(=O)=O. The molecule has 1 aromatic carbocycles. The lowest BCUT2D eigenvalue weighted by Crippen LogP contribution is -2.25. The van der Waals surface area contributed by atoms with E-state index in [9.17, 15) is 12.8 Å². The molecule has 1 rings (SSSR count). The van der Waals surface area contributed by atoms with Gasteiger partial charge in [-0.2, -0.15) is 0 Å². The van der Waals surface area contributed by atoms with Crippen molar-refractivity contribution in [3.05, 3.63) is 29.6 Å². The van der Waals surface area contributed by atoms with Gasteiger partial charge in [-0.1, -0.05) is 6.07 Å². The maximum Gasteiger partial charge on any atom is 0.149 e. The minimum Gasteiger partial charge on any atom is -0.381 e. The summed E-state index contributed by atoms with van der Waals surface area (Å²) in [6.07, 6.45) is 1.18. The predicted octanol–water partition coefficient (Wildman–Crippen LogP) is 1.98. The number of benzene rings is 1. The van der Waals surface area contributed by atoms with Crippen molar-refractivity contribution in [2.24, 2.45) is 0 Å². The van der Waals surface area contributed by atoms with E-state index in [0.29, 0.717) is 5.69 Å². The second-order valence-electron chi connectivity index (χ2n) is 4.10. The number of anilines is 1. The summed E-state index contributed by atoms with van der Waals surface area (Å²) in [5, 5.41) is 2.99. The van der Waals surface area contributed by atoms with Gasteiger partial charge in [0.1, 0.15) is 15.7 Å². The normalized spacial score (nSPS) is 13.5. The van der Waals surface area contributed by atoms with E-state index in [4.69, 9.17) is 0 Å². The quantitative estimate of drug-likeness (QED) is 0.882. The zero-order valence-electron chi connectivity index (χ0n) is 9.62. The molecule has 0 heterocycles. The molecule has 90 valence electrons. The van der Waals surface area contributed by atoms with E-state index in [-0.39, 0.29) is 17.6 Å². The third-order valence-corrected chi connectivity index (χ3v) is 3.26. The zero-order valence-corrected chi connectivity index (χ0v) is 10.4. The molecule has 16 heavy (non-hydrogen) atoms. The van der Waals surface area contributed by atoms with Crippen molar-refractivity contribution < 1.29 is 12.8 Å². The number of aryl methyl sites for hydroxylation is 1. The van der Waals surface area contributed by atoms with Gasteiger partial charge < -0.3 is 5.32 Å². The smallest absolute Gasteiger partial charge is 0.149 e. The van der Waals surface area contributed by atoms with Crippen LogP contribution in [0.4, 0.5) is 10.1 Å². The highest BCUT2D eigenvalue weighted by Crippen LogP contribution is 2.17. The van der Waals surface area contributed by atoms with E-state index in [1.807, 2.05) is 6.92 Å². The maximum atomic E-state index is 13.0. The largest absolute Gasteiger partial charge is 0.381 e. The summed E-state index contributed by atoms with van der Waals surface area (Å²) in [7, 11) is -3.02. The minimum atomic E-state index is -3.02. The zero-order chi connectivity index (χ0) is 12.3. The molecule has 3 nitrogen and oxygen atoms in total. The molecule has 0 bridgehead atoms. The van der Waals surface area contributed by atoms with Crippen LogP contribution in [-0.2, 0) is 9.84 Å². The van der Waals surface area contributed by atoms with Crippen LogP contribution < -0.4 is 5.32 Å². The first-order valence-electron chi connectivity index (χ1n) is 4.98. The molecule has 5 heteroatoms. The number of rotatable bonds is 4. The van der Waals surface area contributed by atoms with Crippen LogP contribution in [-0.4, -0.2) is 26.5 Å². The Labute approximate surface area is 95.6 Å². The van der Waals surface area contributed by atoms with Gasteiger partial charge >= 0.3 is 0 Å². The van der Waals surface area contributed by atoms with Crippen LogP contribution in [0.3, 0.4) is 0 Å². The molecular formula is C11H16FNO2S. The Hall–Kier alpha value is -1.10. The van der Waals surface area contributed by atoms with Gasteiger partial charge in [-0.3, -0.25) is 0 Å². The Morgan fingerprint density at radius 1 is 1.44 bits per heavy atom. The Bertz CT molecular complexity index is 471. The number of sulfone groups is 1. The van der Waals surface area contributed by atoms with Crippen molar-refractivity contribution in [1.29, 1.82) is 0 Å². The molecule has 0 aliphatic rings. The van der Waals surface area contributed by atoms with Crippen molar-refractivity contribution in [2.45, 2.75) is 19.9 Å². The molecule has 0 saturated heterocycles. The van der Waals surface area contributed by atoms with E-state index in [0.717, 1.165) is 5.56 Å². The van der Waals surface area contributed by atoms with Gasteiger partial charge in [0.05, 0.1) is 5.75 Å². The van der Waals surface area contributed by atoms with Crippen LogP contribution >= 0.6 is 0 Å². The topological polar surface area (TPSA) is 46.2 Å². The highest BCUT2D eigenvalue weighted by Gasteiger charge is 2.11. The molecule has 0 spiro atoms. The first kappa shape index (κ1) is 13.0. The van der Waals surface area contributed by atoms with Crippen LogP contribution in [0.25, 0.3) is 0 Å². The maximum absolute atomic E-state index is 13.0. The van der Waals surface area contributed by atoms with Gasteiger partial charge in [-0.25, -0.2) is 12.8 Å². The lowest BCUT2D eigenvalue weighted by atomic mass is 10.2. The van der Waals surface area contributed by atoms with Gasteiger partial charge in [-0.05, 0) is 31.5 Å². The van der Waals surface area contributed by atoms with E-state index in [1.54, 1.807) is 13.0 Å². The summed E-state index contributed by atoms with van der Waals surface area (Å²) in [4.78, 5) is 0. The summed E-state index contributed by atoms with van der Waals surface area (Å²) >= 11 is 0. The van der Waals surface area contributed by atoms with Crippen molar-refractivity contribution in [3.63, 3.8) is 0 Å². The number of hydrogen-bond donors (Lipinski definition) is 1. The van der Waals surface area contributed by atoms with Crippen LogP contribution in [0.1, 0.15) is 12.5 Å². The van der Waals surface area contributed by atoms with Crippen molar-refractivity contribution in [2.75, 3.05) is 17.3 Å². The van der Waals surface area contributed by atoms with E-state index in [1.165, 1.54) is 18.4 Å². The van der Waals surface area contributed by atoms with Crippen LogP contribution in [0.5, 0.6) is 0 Å². The van der Waals surface area contributed by atoms with Crippen molar-refractivity contribution in [3.8, 4) is 0 Å². The molecule has 0 fully saturated rings. The number of hydrogen-bond acceptors (Lipinski definition) is 3. The molecule has 1 atom stereocenters. The van der Waals surface area contributed by atoms with Crippen molar-refractivity contribution in [1.82, 2.24) is 0 Å². The standard InChI is InChI=1S/C11H16FNO2S/c1-8-4-5-10(12)6-11(8)13-9(2)7-16(3,14)15/h4-6,9,13H,7H2,1-3H3. The van der Waals surface area contributed by atoms with Crippen molar-refractivity contribution >= 4 is 15.5 Å². The molecule has 0 radical (unpaired) electrons. The minimum absolute atomic E-state index is 0.0307. The third-order valence-electron chi connectivity index (χ3n) is 2.15. The molecule has 0 saturated carbocycles. The van der Waals surface area contributed by atoms with Crippen LogP contribution in [0.2, 0.25) is 0 Å². The van der Waals surface area contributed by atoms with E-state index < -0.39 is 9.84 Å². The molecule has 1 N–H and O–H groups in total. The van der Waals surface area contributed by atoms with Crippen LogP contribution in [0.15, 0.2) is 18.2 Å². The Balaban J connectivity index is 2.77. The molecular weight excluding hydrogens is 229 g/mol. The van der Waals surface area contributed by atoms with Gasteiger partial charge in [0, 0.05) is 18.0 Å². The third kappa shape index (κ3) is 4.18. The fourth-order valence-electron chi connectivity index (χ4n) is 1.51. The van der Waals surface area contributed by atoms with E-state index in [2.05, 4.69) is 5.32 Å². The molecule has 0 amide bonds. The first-order chi connectivity index (χ1) is 7.28. The molecule has 0 aliphatic carbocycles. The van der Waals surface area contributed by atoms with Gasteiger partial charge in [0.15, 0.2) is 0 Å². The second kappa shape index (κ2) is 4.82. The highest BCUT2D eigenvalue weighted by atomic mass is 32.2. The Kier molecular flexibility index (Phi) is 3.91. The fourth-order valence-corrected chi connectivity index (χ4v) is 2.50. The highest BCUT2D eigenvalue weighted by molar-refractivity contribution is 7.90. The lowest BCUT2D eigenvalue weighted by molar-refractivity contribution is 0.598. The second-order valence-corrected chi connectivity index (χ2v) is 6.28. The van der Waals surface area contributed by atoms with Gasteiger partial charge in [0.2, 0.25) is 0 Å². The van der Waals surface area contributed by atoms with Crippen LogP contribution in [0, 0.1) is 12.7 Å². The average Bonchev–Trinajstić information content (AvgIpc) is 2.08. The average molecular weight is 245 g/mol. The molecule has 1 unspecified atom stereocenters. The van der Waals surface area contributed by atoms with E-state index >= 15 is 0 Å². The summed E-state index contributed by atoms with van der Waals surface area (Å²) < 4.78 is 35.1. The summed E-state index contributed by atoms with van der Waals surface area (Å²) in [6, 6.07) is 4.16. The first-order valence-corrected chi connectivity index (χ1v) is 7.04.